The fourth-order valence-corrected chi connectivity index (χ4v) is 1.79. The summed E-state index contributed by atoms with van der Waals surface area (Å²) < 4.78 is 42.5. The number of aromatic nitrogens is 1. The molecule has 9 heteroatoms. The summed E-state index contributed by atoms with van der Waals surface area (Å²) in [5, 5.41) is 9.29. The van der Waals surface area contributed by atoms with Crippen LogP contribution in [0.3, 0.4) is 0 Å². The van der Waals surface area contributed by atoms with Crippen molar-refractivity contribution in [3.8, 4) is 0 Å². The van der Waals surface area contributed by atoms with E-state index in [0.29, 0.717) is 0 Å². The Balaban J connectivity index is 2.90. The Labute approximate surface area is 137 Å². The van der Waals surface area contributed by atoms with Crippen molar-refractivity contribution >= 4 is 12.1 Å². The summed E-state index contributed by atoms with van der Waals surface area (Å²) in [4.78, 5) is 27.5. The monoisotopic (exact) mass is 348 g/mol. The third-order valence-corrected chi connectivity index (χ3v) is 2.98. The van der Waals surface area contributed by atoms with Gasteiger partial charge in [0.05, 0.1) is 0 Å². The van der Waals surface area contributed by atoms with Gasteiger partial charge in [-0.05, 0) is 32.4 Å². The molecule has 1 aromatic heterocycles. The van der Waals surface area contributed by atoms with Gasteiger partial charge in [0.2, 0.25) is 0 Å². The minimum Gasteiger partial charge on any atom is -0.480 e. The Morgan fingerprint density at radius 1 is 1.29 bits per heavy atom. The molecule has 0 aliphatic carbocycles. The second-order valence-corrected chi connectivity index (χ2v) is 6.20. The van der Waals surface area contributed by atoms with Crippen LogP contribution in [0.4, 0.5) is 18.0 Å². The first kappa shape index (κ1) is 19.7. The van der Waals surface area contributed by atoms with Crippen LogP contribution in [0.1, 0.15) is 32.0 Å². The van der Waals surface area contributed by atoms with Crippen molar-refractivity contribution < 1.29 is 32.6 Å². The van der Waals surface area contributed by atoms with Crippen molar-refractivity contribution in [3.05, 3.63) is 29.6 Å². The van der Waals surface area contributed by atoms with Crippen LogP contribution in [0.15, 0.2) is 18.3 Å². The maximum atomic E-state index is 12.5. The Hall–Kier alpha value is -2.32. The Morgan fingerprint density at radius 3 is 2.25 bits per heavy atom. The van der Waals surface area contributed by atoms with Gasteiger partial charge in [0.1, 0.15) is 17.3 Å². The lowest BCUT2D eigenvalue weighted by atomic mass is 10.1. The Morgan fingerprint density at radius 2 is 1.88 bits per heavy atom. The lowest BCUT2D eigenvalue weighted by Gasteiger charge is -2.28. The molecule has 134 valence electrons. The minimum atomic E-state index is -4.57. The largest absolute Gasteiger partial charge is 0.480 e. The predicted molar refractivity (Wildman–Crippen MR) is 78.4 cm³/mol. The number of amides is 1. The molecule has 1 N–H and O–H groups in total. The van der Waals surface area contributed by atoms with Crippen molar-refractivity contribution in [2.45, 2.75) is 45.0 Å². The number of rotatable bonds is 4. The molecule has 6 nitrogen and oxygen atoms in total. The molecule has 0 fully saturated rings. The molecule has 0 aliphatic rings. The summed E-state index contributed by atoms with van der Waals surface area (Å²) in [6.07, 6.45) is -4.66. The van der Waals surface area contributed by atoms with Crippen LogP contribution in [-0.2, 0) is 22.1 Å². The van der Waals surface area contributed by atoms with Crippen LogP contribution in [0.2, 0.25) is 0 Å². The van der Waals surface area contributed by atoms with E-state index in [2.05, 4.69) is 4.98 Å². The van der Waals surface area contributed by atoms with Crippen molar-refractivity contribution in [1.29, 1.82) is 0 Å². The molecule has 0 radical (unpaired) electrons. The van der Waals surface area contributed by atoms with Crippen LogP contribution < -0.4 is 0 Å². The van der Waals surface area contributed by atoms with E-state index >= 15 is 0 Å². The third-order valence-electron chi connectivity index (χ3n) is 2.98. The SMILES string of the molecule is CN(C(=O)OC(C)(C)C)[C@H](Cc1ccc(C(F)(F)F)nc1)C(=O)O. The highest BCUT2D eigenvalue weighted by atomic mass is 19.4. The molecule has 0 saturated heterocycles. The summed E-state index contributed by atoms with van der Waals surface area (Å²) in [6.45, 7) is 4.90. The van der Waals surface area contributed by atoms with Gasteiger partial charge in [-0.15, -0.1) is 0 Å². The zero-order valence-corrected chi connectivity index (χ0v) is 13.7. The number of carboxylic acids is 1. The van der Waals surface area contributed by atoms with Crippen molar-refractivity contribution in [1.82, 2.24) is 9.88 Å². The number of hydrogen-bond acceptors (Lipinski definition) is 4. The Bertz CT molecular complexity index is 594. The van der Waals surface area contributed by atoms with E-state index in [1.807, 2.05) is 0 Å². The fourth-order valence-electron chi connectivity index (χ4n) is 1.79. The first-order valence-electron chi connectivity index (χ1n) is 7.02. The van der Waals surface area contributed by atoms with Gasteiger partial charge in [0.15, 0.2) is 0 Å². The second kappa shape index (κ2) is 7.06. The predicted octanol–water partition coefficient (Wildman–Crippen LogP) is 2.96. The number of carbonyl (C=O) groups excluding carboxylic acids is 1. The van der Waals surface area contributed by atoms with E-state index in [4.69, 9.17) is 4.74 Å². The van der Waals surface area contributed by atoms with E-state index < -0.39 is 35.6 Å². The van der Waals surface area contributed by atoms with Crippen LogP contribution in [0, 0.1) is 0 Å². The average Bonchev–Trinajstić information content (AvgIpc) is 2.41. The van der Waals surface area contributed by atoms with Crippen LogP contribution >= 0.6 is 0 Å². The summed E-state index contributed by atoms with van der Waals surface area (Å²) >= 11 is 0. The topological polar surface area (TPSA) is 79.7 Å². The lowest BCUT2D eigenvalue weighted by Crippen LogP contribution is -2.46. The third kappa shape index (κ3) is 5.71. The molecular weight excluding hydrogens is 329 g/mol. The average molecular weight is 348 g/mol. The molecule has 1 rings (SSSR count). The highest BCUT2D eigenvalue weighted by Gasteiger charge is 2.33. The molecule has 0 unspecified atom stereocenters. The number of ether oxygens (including phenoxy) is 1. The van der Waals surface area contributed by atoms with Gasteiger partial charge in [-0.3, -0.25) is 9.88 Å². The quantitative estimate of drug-likeness (QED) is 0.905. The van der Waals surface area contributed by atoms with Crippen LogP contribution in [0.25, 0.3) is 0 Å². The van der Waals surface area contributed by atoms with Crippen molar-refractivity contribution in [2.24, 2.45) is 0 Å². The van der Waals surface area contributed by atoms with Gasteiger partial charge >= 0.3 is 18.2 Å². The standard InChI is InChI=1S/C15H19F3N2O4/c1-14(2,3)24-13(23)20(4)10(12(21)22)7-9-5-6-11(19-8-9)15(16,17)18/h5-6,8,10H,7H2,1-4H3,(H,21,22)/t10-/m1/s1. The zero-order chi connectivity index (χ0) is 18.7. The van der Waals surface area contributed by atoms with Gasteiger partial charge < -0.3 is 9.84 Å². The highest BCUT2D eigenvalue weighted by molar-refractivity contribution is 5.80. The van der Waals surface area contributed by atoms with Gasteiger partial charge in [-0.2, -0.15) is 13.2 Å². The Kier molecular flexibility index (Phi) is 5.80. The molecule has 0 saturated carbocycles. The molecule has 24 heavy (non-hydrogen) atoms. The second-order valence-electron chi connectivity index (χ2n) is 6.20. The molecule has 0 bridgehead atoms. The molecule has 1 aromatic rings. The number of hydrogen-bond donors (Lipinski definition) is 1. The van der Waals surface area contributed by atoms with Crippen LogP contribution in [0.5, 0.6) is 0 Å². The van der Waals surface area contributed by atoms with Gasteiger partial charge in [-0.25, -0.2) is 9.59 Å². The van der Waals surface area contributed by atoms with E-state index in [9.17, 15) is 27.9 Å². The fraction of sp³-hybridized carbons (Fsp3) is 0.533. The summed E-state index contributed by atoms with van der Waals surface area (Å²) in [7, 11) is 1.25. The minimum absolute atomic E-state index is 0.198. The maximum Gasteiger partial charge on any atom is 0.433 e. The lowest BCUT2D eigenvalue weighted by molar-refractivity contribution is -0.143. The van der Waals surface area contributed by atoms with E-state index in [1.165, 1.54) is 7.05 Å². The zero-order valence-electron chi connectivity index (χ0n) is 13.7. The van der Waals surface area contributed by atoms with Crippen LogP contribution in [-0.4, -0.2) is 45.7 Å². The van der Waals surface area contributed by atoms with Crippen molar-refractivity contribution in [3.63, 3.8) is 0 Å². The molecular formula is C15H19F3N2O4. The molecule has 0 spiro atoms. The first-order chi connectivity index (χ1) is 10.8. The van der Waals surface area contributed by atoms with Gasteiger partial charge in [0, 0.05) is 19.7 Å². The van der Waals surface area contributed by atoms with E-state index in [-0.39, 0.29) is 12.0 Å². The number of carbonyl (C=O) groups is 2. The summed E-state index contributed by atoms with van der Waals surface area (Å²) in [5.41, 5.74) is -1.62. The molecule has 1 atom stereocenters. The number of alkyl halides is 3. The van der Waals surface area contributed by atoms with E-state index in [0.717, 1.165) is 23.2 Å². The number of halogens is 3. The molecule has 0 aromatic carbocycles. The van der Waals surface area contributed by atoms with Crippen molar-refractivity contribution in [2.75, 3.05) is 7.05 Å². The highest BCUT2D eigenvalue weighted by Crippen LogP contribution is 2.27. The normalized spacial score (nSPS) is 13.3. The first-order valence-corrected chi connectivity index (χ1v) is 7.02. The molecule has 0 aliphatic heterocycles. The number of aliphatic carboxylic acids is 1. The summed E-state index contributed by atoms with van der Waals surface area (Å²) in [6, 6.07) is 0.606. The summed E-state index contributed by atoms with van der Waals surface area (Å²) in [5.74, 6) is -1.30. The van der Waals surface area contributed by atoms with Gasteiger partial charge in [0.25, 0.3) is 0 Å². The molecule has 1 heterocycles. The number of nitrogens with zero attached hydrogens (tertiary/aromatic N) is 2. The number of carboxylic acid groups (broad SMARTS) is 1. The van der Waals surface area contributed by atoms with E-state index in [1.54, 1.807) is 20.8 Å². The smallest absolute Gasteiger partial charge is 0.433 e. The number of pyridine rings is 1. The maximum absolute atomic E-state index is 12.5. The number of likely N-dealkylation sites (N-methyl/N-ethyl adjacent to an activating group) is 1. The molecule has 1 amide bonds. The van der Waals surface area contributed by atoms with Gasteiger partial charge in [-0.1, -0.05) is 6.07 Å².